The summed E-state index contributed by atoms with van der Waals surface area (Å²) in [7, 11) is 0. The first-order valence-electron chi connectivity index (χ1n) is 9.50. The molecule has 2 aliphatic heterocycles. The average molecular weight is 343 g/mol. The van der Waals surface area contributed by atoms with Crippen LogP contribution in [0.5, 0.6) is 0 Å². The van der Waals surface area contributed by atoms with Gasteiger partial charge in [-0.15, -0.1) is 11.3 Å². The highest BCUT2D eigenvalue weighted by atomic mass is 32.1. The number of fused-ring (bicyclic) bond motifs is 1. The van der Waals surface area contributed by atoms with Gasteiger partial charge < -0.3 is 9.80 Å². The lowest BCUT2D eigenvalue weighted by atomic mass is 9.97. The Balaban J connectivity index is 1.23. The van der Waals surface area contributed by atoms with E-state index < -0.39 is 0 Å². The van der Waals surface area contributed by atoms with E-state index in [0.29, 0.717) is 5.92 Å². The van der Waals surface area contributed by atoms with Gasteiger partial charge in [-0.05, 0) is 89.9 Å². The fraction of sp³-hybridized carbons (Fsp3) is 0.600. The first-order valence-corrected chi connectivity index (χ1v) is 10.3. The molecule has 0 aliphatic carbocycles. The molecule has 3 nitrogen and oxygen atoms in total. The molecule has 3 heterocycles. The predicted octanol–water partition coefficient (Wildman–Crippen LogP) is 4.17. The van der Waals surface area contributed by atoms with Gasteiger partial charge in [-0.25, -0.2) is 4.98 Å². The second kappa shape index (κ2) is 7.94. The van der Waals surface area contributed by atoms with E-state index in [4.69, 9.17) is 4.98 Å². The number of para-hydroxylation sites is 1. The molecule has 129 valence electrons. The monoisotopic (exact) mass is 342 g/mol. The normalized spacial score (nSPS) is 21.5. The molecule has 0 unspecified atom stereocenters. The molecular weight excluding hydrogens is 314 g/mol. The molecule has 4 heteroatoms. The highest BCUT2D eigenvalue weighted by Crippen LogP contribution is 2.33. The highest BCUT2D eigenvalue weighted by molar-refractivity contribution is 7.18. The van der Waals surface area contributed by atoms with Crippen molar-refractivity contribution in [1.29, 1.82) is 0 Å². The molecule has 2 aromatic rings. The van der Waals surface area contributed by atoms with E-state index in [1.807, 2.05) is 11.3 Å². The first kappa shape index (κ1) is 16.5. The van der Waals surface area contributed by atoms with E-state index in [1.165, 1.54) is 86.6 Å². The van der Waals surface area contributed by atoms with Crippen molar-refractivity contribution < 1.29 is 0 Å². The molecule has 24 heavy (non-hydrogen) atoms. The molecular formula is C20H28N3S. The van der Waals surface area contributed by atoms with Crippen LogP contribution in [0.3, 0.4) is 0 Å². The highest BCUT2D eigenvalue weighted by Gasteiger charge is 2.23. The van der Waals surface area contributed by atoms with E-state index >= 15 is 0 Å². The van der Waals surface area contributed by atoms with Gasteiger partial charge in [-0.1, -0.05) is 12.1 Å². The largest absolute Gasteiger partial charge is 0.303 e. The van der Waals surface area contributed by atoms with Crippen LogP contribution in [0.25, 0.3) is 10.2 Å². The molecule has 2 saturated heterocycles. The van der Waals surface area contributed by atoms with Crippen LogP contribution in [0, 0.1) is 6.42 Å². The first-order chi connectivity index (χ1) is 11.9. The summed E-state index contributed by atoms with van der Waals surface area (Å²) in [6.07, 6.45) is 8.88. The number of piperidine rings is 2. The Labute approximate surface area is 149 Å². The maximum atomic E-state index is 4.88. The third-order valence-corrected chi connectivity index (χ3v) is 6.69. The Morgan fingerprint density at radius 3 is 2.42 bits per heavy atom. The number of hydrogen-bond donors (Lipinski definition) is 0. The summed E-state index contributed by atoms with van der Waals surface area (Å²) >= 11 is 1.90. The maximum absolute atomic E-state index is 4.88. The van der Waals surface area contributed by atoms with Crippen LogP contribution in [0.15, 0.2) is 24.3 Å². The number of aromatic nitrogens is 1. The molecule has 0 saturated carbocycles. The topological polar surface area (TPSA) is 19.4 Å². The molecule has 0 amide bonds. The minimum absolute atomic E-state index is 0.677. The Kier molecular flexibility index (Phi) is 5.46. The van der Waals surface area contributed by atoms with Gasteiger partial charge >= 0.3 is 0 Å². The quantitative estimate of drug-likeness (QED) is 0.813. The van der Waals surface area contributed by atoms with Gasteiger partial charge in [0.2, 0.25) is 0 Å². The Morgan fingerprint density at radius 2 is 1.67 bits per heavy atom. The Hall–Kier alpha value is -0.970. The van der Waals surface area contributed by atoms with Gasteiger partial charge in [-0.2, -0.15) is 0 Å². The fourth-order valence-corrected chi connectivity index (χ4v) is 5.15. The minimum Gasteiger partial charge on any atom is -0.303 e. The molecule has 2 aliphatic rings. The second-order valence-corrected chi connectivity index (χ2v) is 8.26. The molecule has 0 N–H and O–H groups in total. The molecule has 0 bridgehead atoms. The zero-order valence-corrected chi connectivity index (χ0v) is 15.3. The van der Waals surface area contributed by atoms with Crippen LogP contribution in [-0.2, 0) is 0 Å². The molecule has 0 spiro atoms. The molecule has 1 aromatic carbocycles. The number of likely N-dealkylation sites (tertiary alicyclic amines) is 2. The second-order valence-electron chi connectivity index (χ2n) is 7.20. The van der Waals surface area contributed by atoms with E-state index in [0.717, 1.165) is 0 Å². The molecule has 0 atom stereocenters. The van der Waals surface area contributed by atoms with Crippen molar-refractivity contribution in [2.24, 2.45) is 0 Å². The van der Waals surface area contributed by atoms with E-state index in [1.54, 1.807) is 0 Å². The van der Waals surface area contributed by atoms with Gasteiger partial charge in [-0.3, -0.25) is 0 Å². The number of hydrogen-bond acceptors (Lipinski definition) is 4. The van der Waals surface area contributed by atoms with E-state index in [2.05, 4.69) is 40.5 Å². The summed E-state index contributed by atoms with van der Waals surface area (Å²) in [5.41, 5.74) is 1.18. The summed E-state index contributed by atoms with van der Waals surface area (Å²) in [4.78, 5) is 10.2. The fourth-order valence-electron chi connectivity index (χ4n) is 4.01. The van der Waals surface area contributed by atoms with Gasteiger partial charge in [0.25, 0.3) is 0 Å². The van der Waals surface area contributed by atoms with Crippen LogP contribution < -0.4 is 0 Å². The van der Waals surface area contributed by atoms with Gasteiger partial charge in [0, 0.05) is 5.92 Å². The summed E-state index contributed by atoms with van der Waals surface area (Å²) in [5.74, 6) is 0.677. The van der Waals surface area contributed by atoms with Gasteiger partial charge in [0.15, 0.2) is 0 Å². The summed E-state index contributed by atoms with van der Waals surface area (Å²) in [5, 5.41) is 1.36. The smallest absolute Gasteiger partial charge is 0.0970 e. The Bertz CT molecular complexity index is 606. The number of nitrogens with zero attached hydrogens (tertiary/aromatic N) is 3. The lowest BCUT2D eigenvalue weighted by molar-refractivity contribution is 0.187. The van der Waals surface area contributed by atoms with Crippen molar-refractivity contribution in [1.82, 2.24) is 14.8 Å². The maximum Gasteiger partial charge on any atom is 0.0970 e. The van der Waals surface area contributed by atoms with Gasteiger partial charge in [0.1, 0.15) is 0 Å². The molecule has 2 fully saturated rings. The predicted molar refractivity (Wildman–Crippen MR) is 103 cm³/mol. The zero-order chi connectivity index (χ0) is 16.2. The van der Waals surface area contributed by atoms with Crippen molar-refractivity contribution in [3.05, 3.63) is 35.7 Å². The van der Waals surface area contributed by atoms with Crippen LogP contribution in [0.4, 0.5) is 0 Å². The van der Waals surface area contributed by atoms with Crippen LogP contribution in [0.1, 0.15) is 43.0 Å². The third-order valence-electron chi connectivity index (χ3n) is 5.49. The zero-order valence-electron chi connectivity index (χ0n) is 14.5. The summed E-state index contributed by atoms with van der Waals surface area (Å²) in [6, 6.07) is 8.55. The van der Waals surface area contributed by atoms with Gasteiger partial charge in [0.05, 0.1) is 15.2 Å². The number of thiazole rings is 1. The van der Waals surface area contributed by atoms with Crippen LogP contribution in [-0.4, -0.2) is 54.1 Å². The molecule has 1 radical (unpaired) electrons. The third kappa shape index (κ3) is 3.98. The van der Waals surface area contributed by atoms with Crippen LogP contribution in [0.2, 0.25) is 0 Å². The molecule has 1 aromatic heterocycles. The van der Waals surface area contributed by atoms with Crippen molar-refractivity contribution >= 4 is 21.6 Å². The van der Waals surface area contributed by atoms with E-state index in [9.17, 15) is 0 Å². The van der Waals surface area contributed by atoms with E-state index in [-0.39, 0.29) is 0 Å². The average Bonchev–Trinajstić information content (AvgIpc) is 3.07. The summed E-state index contributed by atoms with van der Waals surface area (Å²) < 4.78 is 1.34. The Morgan fingerprint density at radius 1 is 0.958 bits per heavy atom. The lowest BCUT2D eigenvalue weighted by Gasteiger charge is -2.32. The van der Waals surface area contributed by atoms with Crippen molar-refractivity contribution in [2.45, 2.75) is 38.0 Å². The number of benzene rings is 1. The van der Waals surface area contributed by atoms with Crippen molar-refractivity contribution in [3.63, 3.8) is 0 Å². The van der Waals surface area contributed by atoms with Crippen molar-refractivity contribution in [3.8, 4) is 0 Å². The SMILES string of the molecule is [CH]1CCN(CCCN2CCC(c3nc4ccccc4s3)CC2)CC1. The molecule has 4 rings (SSSR count). The summed E-state index contributed by atoms with van der Waals surface area (Å²) in [6.45, 7) is 7.60. The van der Waals surface area contributed by atoms with Crippen LogP contribution >= 0.6 is 11.3 Å². The minimum atomic E-state index is 0.677. The standard InChI is InChI=1S/C20H28N3S/c1-4-11-22(12-5-1)13-6-14-23-15-9-17(10-16-23)20-21-18-7-2-3-8-19(18)24-20/h1-3,7-8,17H,4-6,9-16H2. The number of rotatable bonds is 5. The van der Waals surface area contributed by atoms with Crippen molar-refractivity contribution in [2.75, 3.05) is 39.3 Å². The lowest BCUT2D eigenvalue weighted by Crippen LogP contribution is -2.36.